The van der Waals surface area contributed by atoms with E-state index in [0.29, 0.717) is 22.8 Å². The molecule has 0 aliphatic rings. The molecule has 5 heteroatoms. The molecule has 0 saturated carbocycles. The molecule has 2 amide bonds. The van der Waals surface area contributed by atoms with Crippen molar-refractivity contribution in [1.29, 1.82) is 0 Å². The molecule has 1 aromatic carbocycles. The summed E-state index contributed by atoms with van der Waals surface area (Å²) in [7, 11) is 0. The average molecular weight is 311 g/mol. The molecule has 2 N–H and O–H groups in total. The standard InChI is InChI=1S/C16H23ClN2O2/c1-4-9-18-16(21)13-8-7-12(10-14(13)17)19-15(20)11(5-2)6-3/h7-8,10-11H,4-6,9H2,1-3H3,(H,18,21)(H,19,20). The summed E-state index contributed by atoms with van der Waals surface area (Å²) in [6.07, 6.45) is 2.47. The van der Waals surface area contributed by atoms with E-state index in [-0.39, 0.29) is 17.7 Å². The highest BCUT2D eigenvalue weighted by atomic mass is 35.5. The minimum Gasteiger partial charge on any atom is -0.352 e. The van der Waals surface area contributed by atoms with Crippen LogP contribution in [0.1, 0.15) is 50.4 Å². The fourth-order valence-corrected chi connectivity index (χ4v) is 2.28. The van der Waals surface area contributed by atoms with Gasteiger partial charge in [-0.3, -0.25) is 9.59 Å². The van der Waals surface area contributed by atoms with Crippen molar-refractivity contribution in [1.82, 2.24) is 5.32 Å². The number of benzene rings is 1. The molecule has 0 atom stereocenters. The molecule has 4 nitrogen and oxygen atoms in total. The second-order valence-corrected chi connectivity index (χ2v) is 5.36. The van der Waals surface area contributed by atoms with Gasteiger partial charge in [-0.25, -0.2) is 0 Å². The number of nitrogens with one attached hydrogen (secondary N) is 2. The fourth-order valence-electron chi connectivity index (χ4n) is 2.01. The number of hydrogen-bond donors (Lipinski definition) is 2. The molecule has 0 unspecified atom stereocenters. The first-order valence-electron chi connectivity index (χ1n) is 7.42. The highest BCUT2D eigenvalue weighted by molar-refractivity contribution is 6.34. The van der Waals surface area contributed by atoms with Crippen LogP contribution >= 0.6 is 11.6 Å². The maximum atomic E-state index is 12.0. The Morgan fingerprint density at radius 1 is 1.19 bits per heavy atom. The number of rotatable bonds is 7. The molecule has 0 aliphatic heterocycles. The third-order valence-electron chi connectivity index (χ3n) is 3.37. The Bertz CT molecular complexity index is 499. The van der Waals surface area contributed by atoms with Crippen molar-refractivity contribution in [3.05, 3.63) is 28.8 Å². The molecule has 1 rings (SSSR count). The average Bonchev–Trinajstić information content (AvgIpc) is 2.46. The van der Waals surface area contributed by atoms with Crippen LogP contribution in [0.5, 0.6) is 0 Å². The van der Waals surface area contributed by atoms with Gasteiger partial charge in [0.15, 0.2) is 0 Å². The SMILES string of the molecule is CCCNC(=O)c1ccc(NC(=O)C(CC)CC)cc1Cl. The van der Waals surface area contributed by atoms with Gasteiger partial charge in [-0.2, -0.15) is 0 Å². The molecular weight excluding hydrogens is 288 g/mol. The Hall–Kier alpha value is -1.55. The zero-order valence-corrected chi connectivity index (χ0v) is 13.6. The Kier molecular flexibility index (Phi) is 7.23. The summed E-state index contributed by atoms with van der Waals surface area (Å²) in [6, 6.07) is 4.95. The minimum absolute atomic E-state index is 0.00342. The molecule has 0 aromatic heterocycles. The van der Waals surface area contributed by atoms with Crippen LogP contribution in [0.25, 0.3) is 0 Å². The second kappa shape index (κ2) is 8.67. The summed E-state index contributed by atoms with van der Waals surface area (Å²) >= 11 is 6.12. The number of anilines is 1. The van der Waals surface area contributed by atoms with E-state index in [1.165, 1.54) is 0 Å². The number of hydrogen-bond acceptors (Lipinski definition) is 2. The van der Waals surface area contributed by atoms with Crippen molar-refractivity contribution >= 4 is 29.1 Å². The van der Waals surface area contributed by atoms with E-state index in [9.17, 15) is 9.59 Å². The predicted molar refractivity (Wildman–Crippen MR) is 86.8 cm³/mol. The zero-order valence-electron chi connectivity index (χ0n) is 12.8. The van der Waals surface area contributed by atoms with Crippen molar-refractivity contribution in [2.45, 2.75) is 40.0 Å². The Labute approximate surface area is 131 Å². The molecule has 0 heterocycles. The highest BCUT2D eigenvalue weighted by Crippen LogP contribution is 2.22. The van der Waals surface area contributed by atoms with Gasteiger partial charge in [-0.15, -0.1) is 0 Å². The van der Waals surface area contributed by atoms with Crippen LogP contribution in [0.3, 0.4) is 0 Å². The zero-order chi connectivity index (χ0) is 15.8. The largest absolute Gasteiger partial charge is 0.352 e. The molecule has 1 aromatic rings. The van der Waals surface area contributed by atoms with Crippen molar-refractivity contribution in [3.63, 3.8) is 0 Å². The van der Waals surface area contributed by atoms with Crippen LogP contribution in [0, 0.1) is 5.92 Å². The van der Waals surface area contributed by atoms with Gasteiger partial charge >= 0.3 is 0 Å². The monoisotopic (exact) mass is 310 g/mol. The third-order valence-corrected chi connectivity index (χ3v) is 3.69. The van der Waals surface area contributed by atoms with Crippen LogP contribution in [-0.2, 0) is 4.79 Å². The van der Waals surface area contributed by atoms with E-state index in [1.54, 1.807) is 18.2 Å². The van der Waals surface area contributed by atoms with Gasteiger partial charge in [0.2, 0.25) is 5.91 Å². The van der Waals surface area contributed by atoms with Gasteiger partial charge in [-0.05, 0) is 37.5 Å². The fraction of sp³-hybridized carbons (Fsp3) is 0.500. The van der Waals surface area contributed by atoms with Crippen molar-refractivity contribution in [3.8, 4) is 0 Å². The first-order valence-corrected chi connectivity index (χ1v) is 7.79. The maximum Gasteiger partial charge on any atom is 0.252 e. The summed E-state index contributed by atoms with van der Waals surface area (Å²) in [5.41, 5.74) is 1.04. The lowest BCUT2D eigenvalue weighted by molar-refractivity contribution is -0.120. The van der Waals surface area contributed by atoms with Crippen LogP contribution < -0.4 is 10.6 Å². The molecule has 0 bridgehead atoms. The summed E-state index contributed by atoms with van der Waals surface area (Å²) in [6.45, 7) is 6.57. The minimum atomic E-state index is -0.195. The van der Waals surface area contributed by atoms with Gasteiger partial charge < -0.3 is 10.6 Å². The number of carbonyl (C=O) groups excluding carboxylic acids is 2. The van der Waals surface area contributed by atoms with E-state index in [2.05, 4.69) is 10.6 Å². The Morgan fingerprint density at radius 3 is 2.38 bits per heavy atom. The van der Waals surface area contributed by atoms with Gasteiger partial charge in [0.05, 0.1) is 10.6 Å². The van der Waals surface area contributed by atoms with E-state index in [4.69, 9.17) is 11.6 Å². The van der Waals surface area contributed by atoms with E-state index in [0.717, 1.165) is 19.3 Å². The molecule has 0 fully saturated rings. The number of amides is 2. The van der Waals surface area contributed by atoms with Crippen molar-refractivity contribution < 1.29 is 9.59 Å². The summed E-state index contributed by atoms with van der Waals surface area (Å²) in [5, 5.41) is 5.95. The number of halogens is 1. The van der Waals surface area contributed by atoms with Crippen molar-refractivity contribution in [2.75, 3.05) is 11.9 Å². The molecular formula is C16H23ClN2O2. The quantitative estimate of drug-likeness (QED) is 0.803. The van der Waals surface area contributed by atoms with E-state index in [1.807, 2.05) is 20.8 Å². The topological polar surface area (TPSA) is 58.2 Å². The van der Waals surface area contributed by atoms with E-state index >= 15 is 0 Å². The van der Waals surface area contributed by atoms with Gasteiger partial charge in [0, 0.05) is 18.2 Å². The van der Waals surface area contributed by atoms with Crippen LogP contribution in [0.15, 0.2) is 18.2 Å². The van der Waals surface area contributed by atoms with Crippen molar-refractivity contribution in [2.24, 2.45) is 5.92 Å². The Balaban J connectivity index is 2.78. The summed E-state index contributed by atoms with van der Waals surface area (Å²) in [5.74, 6) is -0.213. The third kappa shape index (κ3) is 5.05. The van der Waals surface area contributed by atoms with Crippen LogP contribution in [-0.4, -0.2) is 18.4 Å². The normalized spacial score (nSPS) is 10.5. The molecule has 0 spiro atoms. The maximum absolute atomic E-state index is 12.0. The molecule has 21 heavy (non-hydrogen) atoms. The first-order chi connectivity index (χ1) is 10.0. The van der Waals surface area contributed by atoms with Gasteiger partial charge in [0.1, 0.15) is 0 Å². The molecule has 0 saturated heterocycles. The van der Waals surface area contributed by atoms with E-state index < -0.39 is 0 Å². The highest BCUT2D eigenvalue weighted by Gasteiger charge is 2.15. The lowest BCUT2D eigenvalue weighted by Crippen LogP contribution is -2.24. The summed E-state index contributed by atoms with van der Waals surface area (Å²) in [4.78, 5) is 23.9. The predicted octanol–water partition coefficient (Wildman–Crippen LogP) is 3.85. The molecule has 116 valence electrons. The lowest BCUT2D eigenvalue weighted by atomic mass is 10.0. The molecule has 0 aliphatic carbocycles. The number of carbonyl (C=O) groups is 2. The van der Waals surface area contributed by atoms with Gasteiger partial charge in [0.25, 0.3) is 5.91 Å². The van der Waals surface area contributed by atoms with Crippen LogP contribution in [0.4, 0.5) is 5.69 Å². The Morgan fingerprint density at radius 2 is 1.86 bits per heavy atom. The first kappa shape index (κ1) is 17.5. The van der Waals surface area contributed by atoms with Crippen LogP contribution in [0.2, 0.25) is 5.02 Å². The summed E-state index contributed by atoms with van der Waals surface area (Å²) < 4.78 is 0. The smallest absolute Gasteiger partial charge is 0.252 e. The molecule has 0 radical (unpaired) electrons. The lowest BCUT2D eigenvalue weighted by Gasteiger charge is -2.13. The second-order valence-electron chi connectivity index (χ2n) is 4.95. The van der Waals surface area contributed by atoms with Gasteiger partial charge in [-0.1, -0.05) is 32.4 Å².